The van der Waals surface area contributed by atoms with Gasteiger partial charge in [-0.15, -0.1) is 10.2 Å². The molecule has 1 amide bonds. The second-order valence-electron chi connectivity index (χ2n) is 3.96. The van der Waals surface area contributed by atoms with E-state index in [0.717, 1.165) is 11.1 Å². The van der Waals surface area contributed by atoms with Gasteiger partial charge in [-0.3, -0.25) is 4.79 Å². The van der Waals surface area contributed by atoms with E-state index in [9.17, 15) is 9.18 Å². The van der Waals surface area contributed by atoms with Crippen molar-refractivity contribution >= 4 is 46.3 Å². The number of hydrogen-bond donors (Lipinski definition) is 1. The molecular weight excluding hydrogens is 321 g/mol. The summed E-state index contributed by atoms with van der Waals surface area (Å²) in [5.74, 6) is -0.862. The van der Waals surface area contributed by atoms with Crippen LogP contribution in [0.5, 0.6) is 0 Å². The van der Waals surface area contributed by atoms with Crippen LogP contribution in [0.2, 0.25) is 5.02 Å². The van der Waals surface area contributed by atoms with E-state index in [1.807, 2.05) is 6.92 Å². The molecule has 0 aliphatic heterocycles. The molecule has 20 heavy (non-hydrogen) atoms. The molecule has 1 aromatic carbocycles. The molecule has 0 saturated carbocycles. The summed E-state index contributed by atoms with van der Waals surface area (Å²) in [6.45, 7) is 3.57. The van der Waals surface area contributed by atoms with Crippen LogP contribution in [0.15, 0.2) is 22.5 Å². The Morgan fingerprint density at radius 3 is 2.85 bits per heavy atom. The monoisotopic (exact) mass is 331 g/mol. The molecule has 1 atom stereocenters. The summed E-state index contributed by atoms with van der Waals surface area (Å²) >= 11 is 8.35. The van der Waals surface area contributed by atoms with Gasteiger partial charge in [0.15, 0.2) is 4.34 Å². The molecule has 1 N–H and O–H groups in total. The summed E-state index contributed by atoms with van der Waals surface area (Å²) in [6, 6.07) is 4.11. The second-order valence-corrected chi connectivity index (χ2v) is 7.17. The zero-order valence-corrected chi connectivity index (χ0v) is 13.1. The summed E-state index contributed by atoms with van der Waals surface area (Å²) in [5.41, 5.74) is 0.111. The fourth-order valence-corrected chi connectivity index (χ4v) is 3.47. The van der Waals surface area contributed by atoms with E-state index < -0.39 is 11.1 Å². The smallest absolute Gasteiger partial charge is 0.237 e. The minimum absolute atomic E-state index is 0.111. The van der Waals surface area contributed by atoms with Gasteiger partial charge in [0.25, 0.3) is 0 Å². The number of nitrogens with one attached hydrogen (secondary N) is 1. The topological polar surface area (TPSA) is 54.9 Å². The van der Waals surface area contributed by atoms with Crippen molar-refractivity contribution in [3.8, 4) is 0 Å². The highest BCUT2D eigenvalue weighted by molar-refractivity contribution is 8.02. The Bertz CT molecular complexity index is 635. The van der Waals surface area contributed by atoms with Gasteiger partial charge in [-0.2, -0.15) is 0 Å². The maximum atomic E-state index is 13.6. The van der Waals surface area contributed by atoms with Crippen LogP contribution in [0.4, 0.5) is 10.1 Å². The molecule has 0 saturated heterocycles. The van der Waals surface area contributed by atoms with Crippen molar-refractivity contribution in [2.75, 3.05) is 5.32 Å². The van der Waals surface area contributed by atoms with Crippen LogP contribution in [0, 0.1) is 12.7 Å². The number of thioether (sulfide) groups is 1. The molecule has 106 valence electrons. The average Bonchev–Trinajstić information content (AvgIpc) is 2.78. The lowest BCUT2D eigenvalue weighted by atomic mass is 10.3. The molecule has 0 aliphatic carbocycles. The molecular formula is C12H11ClFN3OS2. The van der Waals surface area contributed by atoms with Gasteiger partial charge >= 0.3 is 0 Å². The van der Waals surface area contributed by atoms with Crippen LogP contribution in [0.1, 0.15) is 11.9 Å². The average molecular weight is 332 g/mol. The fourth-order valence-electron chi connectivity index (χ4n) is 1.36. The van der Waals surface area contributed by atoms with Crippen LogP contribution < -0.4 is 5.32 Å². The van der Waals surface area contributed by atoms with E-state index in [0.29, 0.717) is 4.34 Å². The van der Waals surface area contributed by atoms with Gasteiger partial charge in [0, 0.05) is 5.02 Å². The minimum Gasteiger partial charge on any atom is -0.323 e. The Morgan fingerprint density at radius 1 is 1.50 bits per heavy atom. The van der Waals surface area contributed by atoms with Crippen LogP contribution in [0.25, 0.3) is 0 Å². The fraction of sp³-hybridized carbons (Fsp3) is 0.250. The molecule has 0 aliphatic rings. The molecule has 0 spiro atoms. The van der Waals surface area contributed by atoms with E-state index in [1.165, 1.54) is 35.2 Å². The lowest BCUT2D eigenvalue weighted by Crippen LogP contribution is -2.22. The van der Waals surface area contributed by atoms with Crippen molar-refractivity contribution in [3.63, 3.8) is 0 Å². The predicted octanol–water partition coefficient (Wildman–Crippen LogP) is 3.76. The second kappa shape index (κ2) is 6.51. The predicted molar refractivity (Wildman–Crippen MR) is 80.0 cm³/mol. The Balaban J connectivity index is 2.00. The van der Waals surface area contributed by atoms with Crippen molar-refractivity contribution < 1.29 is 9.18 Å². The largest absolute Gasteiger partial charge is 0.323 e. The van der Waals surface area contributed by atoms with Crippen LogP contribution in [-0.4, -0.2) is 21.4 Å². The van der Waals surface area contributed by atoms with Gasteiger partial charge in [0.2, 0.25) is 5.91 Å². The maximum Gasteiger partial charge on any atom is 0.237 e. The molecule has 0 fully saturated rings. The van der Waals surface area contributed by atoms with Gasteiger partial charge in [-0.05, 0) is 32.0 Å². The first kappa shape index (κ1) is 15.2. The van der Waals surface area contributed by atoms with Gasteiger partial charge in [0.1, 0.15) is 10.8 Å². The molecule has 2 aromatic rings. The number of carbonyl (C=O) groups excluding carboxylic acids is 1. The first-order valence-electron chi connectivity index (χ1n) is 5.68. The van der Waals surface area contributed by atoms with Crippen molar-refractivity contribution in [2.24, 2.45) is 0 Å². The summed E-state index contributed by atoms with van der Waals surface area (Å²) < 4.78 is 14.3. The zero-order valence-electron chi connectivity index (χ0n) is 10.7. The molecule has 2 rings (SSSR count). The third kappa shape index (κ3) is 3.91. The SMILES string of the molecule is Cc1nnc(S[C@H](C)C(=O)Nc2ccc(Cl)cc2F)s1. The first-order valence-corrected chi connectivity index (χ1v) is 7.76. The molecule has 1 heterocycles. The van der Waals surface area contributed by atoms with E-state index in [4.69, 9.17) is 11.6 Å². The third-order valence-corrected chi connectivity index (χ3v) is 4.60. The Kier molecular flexibility index (Phi) is 4.95. The van der Waals surface area contributed by atoms with Crippen LogP contribution in [0.3, 0.4) is 0 Å². The number of benzene rings is 1. The van der Waals surface area contributed by atoms with Crippen LogP contribution in [-0.2, 0) is 4.79 Å². The van der Waals surface area contributed by atoms with Crippen molar-refractivity contribution in [3.05, 3.63) is 34.0 Å². The number of anilines is 1. The summed E-state index contributed by atoms with van der Waals surface area (Å²) in [5, 5.41) is 11.1. The number of hydrogen-bond acceptors (Lipinski definition) is 5. The summed E-state index contributed by atoms with van der Waals surface area (Å²) in [4.78, 5) is 12.0. The number of rotatable bonds is 4. The molecule has 1 aromatic heterocycles. The van der Waals surface area contributed by atoms with E-state index in [1.54, 1.807) is 6.92 Å². The molecule has 8 heteroatoms. The van der Waals surface area contributed by atoms with Crippen LogP contribution >= 0.6 is 34.7 Å². The van der Waals surface area contributed by atoms with E-state index >= 15 is 0 Å². The van der Waals surface area contributed by atoms with Gasteiger partial charge in [0.05, 0.1) is 10.9 Å². The lowest BCUT2D eigenvalue weighted by molar-refractivity contribution is -0.115. The Labute approximate surface area is 128 Å². The van der Waals surface area contributed by atoms with E-state index in [-0.39, 0.29) is 16.6 Å². The summed E-state index contributed by atoms with van der Waals surface area (Å²) in [7, 11) is 0. The molecule has 4 nitrogen and oxygen atoms in total. The van der Waals surface area contributed by atoms with E-state index in [2.05, 4.69) is 15.5 Å². The van der Waals surface area contributed by atoms with Crippen molar-refractivity contribution in [1.82, 2.24) is 10.2 Å². The minimum atomic E-state index is -0.560. The number of halogens is 2. The standard InChI is InChI=1S/C12H11ClFN3OS2/c1-6(19-12-17-16-7(2)20-12)11(18)15-10-4-3-8(13)5-9(10)14/h3-6H,1-2H3,(H,15,18)/t6-/m1/s1. The number of aryl methyl sites for hydroxylation is 1. The normalized spacial score (nSPS) is 12.2. The highest BCUT2D eigenvalue weighted by Crippen LogP contribution is 2.27. The molecule has 0 bridgehead atoms. The maximum absolute atomic E-state index is 13.6. The Morgan fingerprint density at radius 2 is 2.25 bits per heavy atom. The Hall–Kier alpha value is -1.18. The molecule has 0 unspecified atom stereocenters. The number of aromatic nitrogens is 2. The highest BCUT2D eigenvalue weighted by atomic mass is 35.5. The number of amides is 1. The lowest BCUT2D eigenvalue weighted by Gasteiger charge is -2.11. The zero-order chi connectivity index (χ0) is 14.7. The van der Waals surface area contributed by atoms with Gasteiger partial charge in [-0.1, -0.05) is 34.7 Å². The van der Waals surface area contributed by atoms with Crippen molar-refractivity contribution in [1.29, 1.82) is 0 Å². The quantitative estimate of drug-likeness (QED) is 0.867. The van der Waals surface area contributed by atoms with Gasteiger partial charge in [-0.25, -0.2) is 4.39 Å². The number of nitrogens with zero attached hydrogens (tertiary/aromatic N) is 2. The van der Waals surface area contributed by atoms with Gasteiger partial charge < -0.3 is 5.32 Å². The third-order valence-electron chi connectivity index (χ3n) is 2.34. The van der Waals surface area contributed by atoms with Crippen molar-refractivity contribution in [2.45, 2.75) is 23.4 Å². The number of carbonyl (C=O) groups is 1. The highest BCUT2D eigenvalue weighted by Gasteiger charge is 2.18. The molecule has 0 radical (unpaired) electrons. The summed E-state index contributed by atoms with van der Waals surface area (Å²) in [6.07, 6.45) is 0. The first-order chi connectivity index (χ1) is 9.45.